The number of aromatic nitrogens is 2. The summed E-state index contributed by atoms with van der Waals surface area (Å²) in [5.41, 5.74) is 1.11. The van der Waals surface area contributed by atoms with E-state index in [9.17, 15) is 14.9 Å². The number of halogens is 1. The molecule has 1 fully saturated rings. The molecule has 1 aromatic carbocycles. The van der Waals surface area contributed by atoms with Gasteiger partial charge in [0.25, 0.3) is 11.6 Å². The summed E-state index contributed by atoms with van der Waals surface area (Å²) in [6.45, 7) is 2.54. The summed E-state index contributed by atoms with van der Waals surface area (Å²) in [7, 11) is 1.96. The molecule has 2 aromatic rings. The molecule has 1 aliphatic rings. The Morgan fingerprint density at radius 3 is 2.52 bits per heavy atom. The lowest BCUT2D eigenvalue weighted by Crippen LogP contribution is -2.39. The van der Waals surface area contributed by atoms with Gasteiger partial charge in [-0.3, -0.25) is 14.9 Å². The van der Waals surface area contributed by atoms with Crippen LogP contribution in [0, 0.1) is 16.0 Å². The number of nitro benzene ring substituents is 1. The van der Waals surface area contributed by atoms with Crippen molar-refractivity contribution >= 4 is 24.0 Å². The third kappa shape index (κ3) is 5.05. The fraction of sp³-hybridized carbons (Fsp3) is 0.444. The SMILES string of the molecule is CNCCC1CCN(C(=O)c2ccn(-c3ccc([N+](=O)[O-])cc3)n2)CC1.Cl. The van der Waals surface area contributed by atoms with Crippen molar-refractivity contribution < 1.29 is 9.72 Å². The van der Waals surface area contributed by atoms with Crippen molar-refractivity contribution in [3.8, 4) is 5.69 Å². The van der Waals surface area contributed by atoms with E-state index in [0.717, 1.165) is 38.9 Å². The standard InChI is InChI=1S/C18H23N5O3.ClH/c1-19-10-6-14-7-11-21(12-8-14)18(24)17-9-13-22(20-17)15-2-4-16(5-3-15)23(25)26;/h2-5,9,13-14,19H,6-8,10-12H2,1H3;1H. The highest BCUT2D eigenvalue weighted by Crippen LogP contribution is 2.21. The molecule has 0 radical (unpaired) electrons. The highest BCUT2D eigenvalue weighted by molar-refractivity contribution is 5.92. The van der Waals surface area contributed by atoms with Crippen molar-refractivity contribution in [3.63, 3.8) is 0 Å². The first-order valence-corrected chi connectivity index (χ1v) is 8.83. The molecule has 1 saturated heterocycles. The van der Waals surface area contributed by atoms with Gasteiger partial charge in [0.05, 0.1) is 10.6 Å². The molecule has 0 unspecified atom stereocenters. The first-order valence-electron chi connectivity index (χ1n) is 8.83. The minimum atomic E-state index is -0.442. The molecule has 1 aliphatic heterocycles. The number of non-ortho nitro benzene ring substituents is 1. The zero-order valence-corrected chi connectivity index (χ0v) is 16.0. The van der Waals surface area contributed by atoms with Gasteiger partial charge < -0.3 is 10.2 Å². The lowest BCUT2D eigenvalue weighted by Gasteiger charge is -2.31. The van der Waals surface area contributed by atoms with Crippen LogP contribution >= 0.6 is 12.4 Å². The Balaban J connectivity index is 0.00000261. The highest BCUT2D eigenvalue weighted by atomic mass is 35.5. The van der Waals surface area contributed by atoms with Crippen LogP contribution in [0.5, 0.6) is 0 Å². The quantitative estimate of drug-likeness (QED) is 0.601. The number of benzene rings is 1. The fourth-order valence-corrected chi connectivity index (χ4v) is 3.24. The van der Waals surface area contributed by atoms with Gasteiger partial charge in [0.2, 0.25) is 0 Å². The lowest BCUT2D eigenvalue weighted by atomic mass is 9.93. The first kappa shape index (κ1) is 20.9. The van der Waals surface area contributed by atoms with Crippen LogP contribution in [0.1, 0.15) is 29.8 Å². The van der Waals surface area contributed by atoms with Gasteiger partial charge >= 0.3 is 0 Å². The maximum Gasteiger partial charge on any atom is 0.274 e. The number of amides is 1. The second-order valence-electron chi connectivity index (χ2n) is 6.55. The summed E-state index contributed by atoms with van der Waals surface area (Å²) in [5.74, 6) is 0.613. The van der Waals surface area contributed by atoms with Gasteiger partial charge in [-0.1, -0.05) is 0 Å². The number of nitrogens with zero attached hydrogens (tertiary/aromatic N) is 4. The van der Waals surface area contributed by atoms with Crippen LogP contribution in [0.3, 0.4) is 0 Å². The third-order valence-electron chi connectivity index (χ3n) is 4.84. The van der Waals surface area contributed by atoms with Crippen molar-refractivity contribution in [3.05, 3.63) is 52.3 Å². The molecule has 1 aromatic heterocycles. The number of hydrogen-bond donors (Lipinski definition) is 1. The molecule has 0 saturated carbocycles. The lowest BCUT2D eigenvalue weighted by molar-refractivity contribution is -0.384. The van der Waals surface area contributed by atoms with Gasteiger partial charge in [0, 0.05) is 31.4 Å². The van der Waals surface area contributed by atoms with E-state index in [1.165, 1.54) is 12.1 Å². The van der Waals surface area contributed by atoms with E-state index in [1.54, 1.807) is 29.1 Å². The predicted octanol–water partition coefficient (Wildman–Crippen LogP) is 2.66. The van der Waals surface area contributed by atoms with E-state index in [2.05, 4.69) is 10.4 Å². The third-order valence-corrected chi connectivity index (χ3v) is 4.84. The van der Waals surface area contributed by atoms with Gasteiger partial charge in [-0.25, -0.2) is 4.68 Å². The smallest absolute Gasteiger partial charge is 0.274 e. The number of nitrogens with one attached hydrogen (secondary N) is 1. The van der Waals surface area contributed by atoms with Crippen molar-refractivity contribution in [1.82, 2.24) is 20.0 Å². The van der Waals surface area contributed by atoms with Crippen LogP contribution in [-0.4, -0.2) is 52.2 Å². The Labute approximate surface area is 164 Å². The summed E-state index contributed by atoms with van der Waals surface area (Å²) in [5, 5.41) is 18.2. The minimum absolute atomic E-state index is 0. The van der Waals surface area contributed by atoms with Gasteiger partial charge in [0.15, 0.2) is 5.69 Å². The van der Waals surface area contributed by atoms with E-state index in [4.69, 9.17) is 0 Å². The number of likely N-dealkylation sites (tertiary alicyclic amines) is 1. The number of hydrogen-bond acceptors (Lipinski definition) is 5. The Bertz CT molecular complexity index is 770. The monoisotopic (exact) mass is 393 g/mol. The summed E-state index contributed by atoms with van der Waals surface area (Å²) >= 11 is 0. The number of carbonyl (C=O) groups is 1. The normalized spacial score (nSPS) is 14.6. The zero-order chi connectivity index (χ0) is 18.5. The summed E-state index contributed by atoms with van der Waals surface area (Å²) in [6, 6.07) is 7.78. The molecule has 1 amide bonds. The minimum Gasteiger partial charge on any atom is -0.337 e. The molecule has 27 heavy (non-hydrogen) atoms. The maximum absolute atomic E-state index is 12.7. The van der Waals surface area contributed by atoms with Crippen LogP contribution in [-0.2, 0) is 0 Å². The van der Waals surface area contributed by atoms with Gasteiger partial charge in [-0.2, -0.15) is 5.10 Å². The fourth-order valence-electron chi connectivity index (χ4n) is 3.24. The van der Waals surface area contributed by atoms with Crippen LogP contribution in [0.4, 0.5) is 5.69 Å². The highest BCUT2D eigenvalue weighted by Gasteiger charge is 2.24. The van der Waals surface area contributed by atoms with Crippen molar-refractivity contribution in [2.45, 2.75) is 19.3 Å². The van der Waals surface area contributed by atoms with Gasteiger partial charge in [0.1, 0.15) is 0 Å². The Morgan fingerprint density at radius 1 is 1.26 bits per heavy atom. The molecular weight excluding hydrogens is 370 g/mol. The van der Waals surface area contributed by atoms with Gasteiger partial charge in [-0.05, 0) is 57.0 Å². The molecule has 0 aliphatic carbocycles. The van der Waals surface area contributed by atoms with Crippen LogP contribution in [0.15, 0.2) is 36.5 Å². The summed E-state index contributed by atoms with van der Waals surface area (Å²) in [4.78, 5) is 24.8. The van der Waals surface area contributed by atoms with Crippen molar-refractivity contribution in [1.29, 1.82) is 0 Å². The molecule has 3 rings (SSSR count). The molecule has 1 N–H and O–H groups in total. The van der Waals surface area contributed by atoms with Crippen LogP contribution in [0.2, 0.25) is 0 Å². The molecule has 0 spiro atoms. The zero-order valence-electron chi connectivity index (χ0n) is 15.2. The average molecular weight is 394 g/mol. The molecule has 8 nitrogen and oxygen atoms in total. The Hall–Kier alpha value is -2.45. The molecule has 146 valence electrons. The average Bonchev–Trinajstić information content (AvgIpc) is 3.16. The summed E-state index contributed by atoms with van der Waals surface area (Å²) in [6.07, 6.45) is 4.90. The van der Waals surface area contributed by atoms with E-state index in [-0.39, 0.29) is 24.0 Å². The van der Waals surface area contributed by atoms with Crippen LogP contribution in [0.25, 0.3) is 5.69 Å². The second-order valence-corrected chi connectivity index (χ2v) is 6.55. The Kier molecular flexibility index (Phi) is 7.32. The van der Waals surface area contributed by atoms with E-state index in [1.807, 2.05) is 11.9 Å². The number of piperidine rings is 1. The number of rotatable bonds is 6. The topological polar surface area (TPSA) is 93.3 Å². The Morgan fingerprint density at radius 2 is 1.93 bits per heavy atom. The van der Waals surface area contributed by atoms with E-state index in [0.29, 0.717) is 17.3 Å². The molecule has 0 bridgehead atoms. The molecule has 9 heteroatoms. The maximum atomic E-state index is 12.7. The van der Waals surface area contributed by atoms with Crippen LogP contribution < -0.4 is 5.32 Å². The second kappa shape index (κ2) is 9.48. The predicted molar refractivity (Wildman–Crippen MR) is 105 cm³/mol. The number of nitro groups is 1. The summed E-state index contributed by atoms with van der Waals surface area (Å²) < 4.78 is 1.57. The molecule has 0 atom stereocenters. The van der Waals surface area contributed by atoms with E-state index >= 15 is 0 Å². The van der Waals surface area contributed by atoms with Crippen molar-refractivity contribution in [2.75, 3.05) is 26.7 Å². The van der Waals surface area contributed by atoms with E-state index < -0.39 is 4.92 Å². The van der Waals surface area contributed by atoms with Crippen molar-refractivity contribution in [2.24, 2.45) is 5.92 Å². The largest absolute Gasteiger partial charge is 0.337 e. The molecule has 2 heterocycles. The van der Waals surface area contributed by atoms with Gasteiger partial charge in [-0.15, -0.1) is 12.4 Å². The molecular formula is C18H24ClN5O3. The number of carbonyl (C=O) groups excluding carboxylic acids is 1. The first-order chi connectivity index (χ1) is 12.6.